The molecule has 2 aromatic heterocycles. The SMILES string of the molecule is CC(N)c1nc(-c2n[nH]c(C3CCCCC3)n2)cs1. The van der Waals surface area contributed by atoms with Gasteiger partial charge in [-0.15, -0.1) is 11.3 Å². The van der Waals surface area contributed by atoms with Crippen molar-refractivity contribution in [3.05, 3.63) is 16.2 Å². The van der Waals surface area contributed by atoms with E-state index in [1.807, 2.05) is 12.3 Å². The van der Waals surface area contributed by atoms with Gasteiger partial charge in [0.1, 0.15) is 16.5 Å². The van der Waals surface area contributed by atoms with Gasteiger partial charge in [0, 0.05) is 11.3 Å². The van der Waals surface area contributed by atoms with E-state index >= 15 is 0 Å². The fraction of sp³-hybridized carbons (Fsp3) is 0.615. The number of nitrogens with two attached hydrogens (primary N) is 1. The Morgan fingerprint density at radius 3 is 2.79 bits per heavy atom. The second-order valence-electron chi connectivity index (χ2n) is 5.24. The maximum absolute atomic E-state index is 5.83. The van der Waals surface area contributed by atoms with Gasteiger partial charge >= 0.3 is 0 Å². The van der Waals surface area contributed by atoms with Gasteiger partial charge < -0.3 is 5.73 Å². The molecule has 0 spiro atoms. The summed E-state index contributed by atoms with van der Waals surface area (Å²) in [6, 6.07) is -0.0319. The Kier molecular flexibility index (Phi) is 3.61. The molecule has 0 saturated heterocycles. The van der Waals surface area contributed by atoms with E-state index in [2.05, 4.69) is 20.2 Å². The molecule has 0 bridgehead atoms. The van der Waals surface area contributed by atoms with Crippen LogP contribution >= 0.6 is 11.3 Å². The minimum Gasteiger partial charge on any atom is -0.322 e. The number of hydrogen-bond donors (Lipinski definition) is 2. The molecule has 1 aliphatic carbocycles. The van der Waals surface area contributed by atoms with E-state index < -0.39 is 0 Å². The average Bonchev–Trinajstić information content (AvgIpc) is 3.09. The van der Waals surface area contributed by atoms with E-state index in [9.17, 15) is 0 Å². The predicted molar refractivity (Wildman–Crippen MR) is 75.9 cm³/mol. The van der Waals surface area contributed by atoms with E-state index in [0.29, 0.717) is 11.7 Å². The van der Waals surface area contributed by atoms with Crippen LogP contribution in [-0.4, -0.2) is 20.2 Å². The van der Waals surface area contributed by atoms with Gasteiger partial charge in [0.05, 0.1) is 6.04 Å². The highest BCUT2D eigenvalue weighted by molar-refractivity contribution is 7.10. The zero-order chi connectivity index (χ0) is 13.2. The molecule has 3 N–H and O–H groups in total. The van der Waals surface area contributed by atoms with E-state index in [1.165, 1.54) is 32.1 Å². The number of nitrogens with one attached hydrogen (secondary N) is 1. The second kappa shape index (κ2) is 5.38. The first kappa shape index (κ1) is 12.7. The molecule has 3 rings (SSSR count). The monoisotopic (exact) mass is 277 g/mol. The fourth-order valence-corrected chi connectivity index (χ4v) is 3.30. The van der Waals surface area contributed by atoms with Gasteiger partial charge in [0.25, 0.3) is 0 Å². The molecule has 0 aliphatic heterocycles. The van der Waals surface area contributed by atoms with Crippen molar-refractivity contribution in [2.24, 2.45) is 5.73 Å². The lowest BCUT2D eigenvalue weighted by Gasteiger charge is -2.18. The minimum atomic E-state index is -0.0319. The maximum atomic E-state index is 5.83. The van der Waals surface area contributed by atoms with Crippen molar-refractivity contribution in [2.75, 3.05) is 0 Å². The normalized spacial score (nSPS) is 18.6. The lowest BCUT2D eigenvalue weighted by molar-refractivity contribution is 0.429. The van der Waals surface area contributed by atoms with E-state index in [4.69, 9.17) is 5.73 Å². The first-order valence-corrected chi connectivity index (χ1v) is 7.75. The fourth-order valence-electron chi connectivity index (χ4n) is 2.55. The second-order valence-corrected chi connectivity index (χ2v) is 6.13. The number of thiazole rings is 1. The summed E-state index contributed by atoms with van der Waals surface area (Å²) in [4.78, 5) is 9.10. The molecule has 0 amide bonds. The predicted octanol–water partition coefficient (Wildman–Crippen LogP) is 3.00. The summed E-state index contributed by atoms with van der Waals surface area (Å²) in [7, 11) is 0. The summed E-state index contributed by atoms with van der Waals surface area (Å²) in [6.45, 7) is 1.94. The topological polar surface area (TPSA) is 80.5 Å². The number of nitrogens with zero attached hydrogens (tertiary/aromatic N) is 3. The summed E-state index contributed by atoms with van der Waals surface area (Å²) in [5, 5.41) is 10.3. The van der Waals surface area contributed by atoms with Crippen LogP contribution in [0.2, 0.25) is 0 Å². The third-order valence-electron chi connectivity index (χ3n) is 3.64. The zero-order valence-electron chi connectivity index (χ0n) is 11.1. The Bertz CT molecular complexity index is 539. The lowest BCUT2D eigenvalue weighted by atomic mass is 9.89. The molecule has 2 heterocycles. The summed E-state index contributed by atoms with van der Waals surface area (Å²) in [5.41, 5.74) is 6.66. The van der Waals surface area contributed by atoms with Crippen molar-refractivity contribution < 1.29 is 0 Å². The molecule has 5 nitrogen and oxygen atoms in total. The molecule has 6 heteroatoms. The Morgan fingerprint density at radius 1 is 1.32 bits per heavy atom. The van der Waals surface area contributed by atoms with Crippen LogP contribution in [0.5, 0.6) is 0 Å². The Balaban J connectivity index is 1.79. The Hall–Kier alpha value is -1.27. The smallest absolute Gasteiger partial charge is 0.200 e. The molecule has 1 aliphatic rings. The molecular formula is C13H19N5S. The summed E-state index contributed by atoms with van der Waals surface area (Å²) in [5.74, 6) is 2.26. The highest BCUT2D eigenvalue weighted by Gasteiger charge is 2.20. The van der Waals surface area contributed by atoms with E-state index in [-0.39, 0.29) is 6.04 Å². The van der Waals surface area contributed by atoms with Crippen LogP contribution in [0.4, 0.5) is 0 Å². The van der Waals surface area contributed by atoms with Gasteiger partial charge in [-0.1, -0.05) is 19.3 Å². The van der Waals surface area contributed by atoms with Crippen molar-refractivity contribution in [2.45, 2.75) is 51.0 Å². The summed E-state index contributed by atoms with van der Waals surface area (Å²) in [6.07, 6.45) is 6.38. The summed E-state index contributed by atoms with van der Waals surface area (Å²) >= 11 is 1.57. The van der Waals surface area contributed by atoms with Crippen LogP contribution in [-0.2, 0) is 0 Å². The standard InChI is InChI=1S/C13H19N5S/c1-8(14)13-15-10(7-19-13)12-16-11(17-18-12)9-5-3-2-4-6-9/h7-9H,2-6,14H2,1H3,(H,16,17,18). The van der Waals surface area contributed by atoms with E-state index in [1.54, 1.807) is 11.3 Å². The third kappa shape index (κ3) is 2.69. The average molecular weight is 277 g/mol. The first-order valence-electron chi connectivity index (χ1n) is 6.87. The maximum Gasteiger partial charge on any atom is 0.200 e. The quantitative estimate of drug-likeness (QED) is 0.903. The number of aromatic nitrogens is 4. The van der Waals surface area contributed by atoms with Gasteiger partial charge in [-0.3, -0.25) is 5.10 Å². The van der Waals surface area contributed by atoms with Gasteiger partial charge in [0.2, 0.25) is 5.82 Å². The minimum absolute atomic E-state index is 0.0319. The number of rotatable bonds is 3. The van der Waals surface area contributed by atoms with Crippen molar-refractivity contribution in [1.29, 1.82) is 0 Å². The number of H-pyrrole nitrogens is 1. The molecule has 1 fully saturated rings. The number of hydrogen-bond acceptors (Lipinski definition) is 5. The largest absolute Gasteiger partial charge is 0.322 e. The molecule has 0 radical (unpaired) electrons. The van der Waals surface area contributed by atoms with Crippen molar-refractivity contribution in [3.8, 4) is 11.5 Å². The summed E-state index contributed by atoms with van der Waals surface area (Å²) < 4.78 is 0. The number of aromatic amines is 1. The molecule has 1 atom stereocenters. The van der Waals surface area contributed by atoms with Crippen LogP contribution in [0.25, 0.3) is 11.5 Å². The van der Waals surface area contributed by atoms with Crippen molar-refractivity contribution >= 4 is 11.3 Å². The third-order valence-corrected chi connectivity index (χ3v) is 4.68. The van der Waals surface area contributed by atoms with Gasteiger partial charge in [0.15, 0.2) is 0 Å². The highest BCUT2D eigenvalue weighted by atomic mass is 32.1. The molecule has 19 heavy (non-hydrogen) atoms. The van der Waals surface area contributed by atoms with Crippen LogP contribution in [0.1, 0.15) is 61.8 Å². The van der Waals surface area contributed by atoms with Gasteiger partial charge in [-0.05, 0) is 19.8 Å². The Morgan fingerprint density at radius 2 is 2.11 bits per heavy atom. The van der Waals surface area contributed by atoms with Crippen molar-refractivity contribution in [1.82, 2.24) is 20.2 Å². The van der Waals surface area contributed by atoms with Crippen LogP contribution in [0.15, 0.2) is 5.38 Å². The van der Waals surface area contributed by atoms with Crippen LogP contribution in [0.3, 0.4) is 0 Å². The molecular weight excluding hydrogens is 258 g/mol. The van der Waals surface area contributed by atoms with Crippen LogP contribution < -0.4 is 5.73 Å². The molecule has 2 aromatic rings. The highest BCUT2D eigenvalue weighted by Crippen LogP contribution is 2.31. The van der Waals surface area contributed by atoms with Crippen LogP contribution in [0, 0.1) is 0 Å². The molecule has 0 aromatic carbocycles. The van der Waals surface area contributed by atoms with E-state index in [0.717, 1.165) is 16.5 Å². The molecule has 1 unspecified atom stereocenters. The van der Waals surface area contributed by atoms with Gasteiger partial charge in [-0.2, -0.15) is 5.10 Å². The Labute approximate surface area is 116 Å². The van der Waals surface area contributed by atoms with Gasteiger partial charge in [-0.25, -0.2) is 9.97 Å². The first-order chi connectivity index (χ1) is 9.24. The lowest BCUT2D eigenvalue weighted by Crippen LogP contribution is -2.06. The molecule has 1 saturated carbocycles. The van der Waals surface area contributed by atoms with Crippen molar-refractivity contribution in [3.63, 3.8) is 0 Å². The molecule has 102 valence electrons. The zero-order valence-corrected chi connectivity index (χ0v) is 11.9.